The van der Waals surface area contributed by atoms with Gasteiger partial charge in [0.2, 0.25) is 0 Å². The van der Waals surface area contributed by atoms with Crippen molar-refractivity contribution in [1.29, 1.82) is 0 Å². The number of amides is 2. The van der Waals surface area contributed by atoms with Gasteiger partial charge in [0, 0.05) is 6.07 Å². The van der Waals surface area contributed by atoms with E-state index in [1.807, 2.05) is 32.9 Å². The number of ether oxygens (including phenoxy) is 2. The van der Waals surface area contributed by atoms with Crippen LogP contribution in [0.1, 0.15) is 20.8 Å². The molecular weight excluding hydrogens is 406 g/mol. The van der Waals surface area contributed by atoms with Gasteiger partial charge in [-0.25, -0.2) is 13.6 Å². The largest absolute Gasteiger partial charge is 0.493 e. The quantitative estimate of drug-likeness (QED) is 0.609. The molecule has 0 bridgehead atoms. The zero-order valence-corrected chi connectivity index (χ0v) is 18.5. The summed E-state index contributed by atoms with van der Waals surface area (Å²) in [6.07, 6.45) is 5.21. The average molecular weight is 434 g/mol. The summed E-state index contributed by atoms with van der Waals surface area (Å²) in [7, 11) is 2.47. The second-order valence-corrected chi connectivity index (χ2v) is 6.99. The van der Waals surface area contributed by atoms with Crippen LogP contribution < -0.4 is 14.4 Å². The highest BCUT2D eigenvalue weighted by Crippen LogP contribution is 2.40. The third-order valence-corrected chi connectivity index (χ3v) is 4.88. The molecule has 0 atom stereocenters. The second-order valence-electron chi connectivity index (χ2n) is 6.99. The number of aliphatic hydroxyl groups is 1. The number of allylic oxidation sites excluding steroid dienone is 3. The van der Waals surface area contributed by atoms with Crippen LogP contribution in [0.4, 0.5) is 19.3 Å². The van der Waals surface area contributed by atoms with Crippen LogP contribution in [-0.2, 0) is 0 Å². The van der Waals surface area contributed by atoms with Gasteiger partial charge in [0.25, 0.3) is 0 Å². The fourth-order valence-electron chi connectivity index (χ4n) is 3.45. The molecule has 6 nitrogen and oxygen atoms in total. The minimum atomic E-state index is -1.03. The maximum atomic E-state index is 15.1. The summed E-state index contributed by atoms with van der Waals surface area (Å²) in [4.78, 5) is 15.7. The molecule has 1 aromatic carbocycles. The first-order chi connectivity index (χ1) is 14.8. The molecule has 2 amide bonds. The van der Waals surface area contributed by atoms with Gasteiger partial charge in [-0.05, 0) is 31.9 Å². The van der Waals surface area contributed by atoms with Crippen molar-refractivity contribution >= 4 is 11.7 Å². The van der Waals surface area contributed by atoms with Crippen molar-refractivity contribution in [2.45, 2.75) is 20.8 Å². The van der Waals surface area contributed by atoms with Crippen LogP contribution in [0.15, 0.2) is 53.3 Å². The molecule has 0 aromatic heterocycles. The van der Waals surface area contributed by atoms with Crippen LogP contribution in [0, 0.1) is 11.6 Å². The van der Waals surface area contributed by atoms with Gasteiger partial charge < -0.3 is 14.6 Å². The highest BCUT2D eigenvalue weighted by Gasteiger charge is 2.37. The van der Waals surface area contributed by atoms with Crippen LogP contribution in [0.5, 0.6) is 11.5 Å². The van der Waals surface area contributed by atoms with Gasteiger partial charge in [-0.15, -0.1) is 0 Å². The zero-order chi connectivity index (χ0) is 23.3. The van der Waals surface area contributed by atoms with Gasteiger partial charge in [-0.1, -0.05) is 30.4 Å². The molecule has 0 saturated heterocycles. The van der Waals surface area contributed by atoms with Crippen molar-refractivity contribution in [2.24, 2.45) is 0 Å². The summed E-state index contributed by atoms with van der Waals surface area (Å²) in [6.45, 7) is 8.92. The third kappa shape index (κ3) is 4.49. The van der Waals surface area contributed by atoms with Crippen LogP contribution >= 0.6 is 0 Å². The van der Waals surface area contributed by atoms with E-state index in [9.17, 15) is 9.90 Å². The molecule has 8 heteroatoms. The van der Waals surface area contributed by atoms with Gasteiger partial charge in [0.05, 0.1) is 39.6 Å². The molecular formula is C23H28F2N2O4. The van der Waals surface area contributed by atoms with Crippen LogP contribution in [0.3, 0.4) is 0 Å². The molecule has 2 rings (SSSR count). The van der Waals surface area contributed by atoms with Crippen LogP contribution in [-0.4, -0.2) is 50.0 Å². The highest BCUT2D eigenvalue weighted by molar-refractivity contribution is 5.97. The lowest BCUT2D eigenvalue weighted by Gasteiger charge is -2.39. The van der Waals surface area contributed by atoms with E-state index in [-0.39, 0.29) is 31.2 Å². The Balaban J connectivity index is 2.81. The average Bonchev–Trinajstić information content (AvgIpc) is 2.74. The number of benzene rings is 1. The van der Waals surface area contributed by atoms with Crippen molar-refractivity contribution < 1.29 is 28.2 Å². The molecule has 1 aliphatic rings. The fraction of sp³-hybridized carbons (Fsp3) is 0.348. The third-order valence-electron chi connectivity index (χ3n) is 4.88. The molecule has 0 aliphatic carbocycles. The lowest BCUT2D eigenvalue weighted by atomic mass is 9.98. The first-order valence-electron chi connectivity index (χ1n) is 9.73. The number of rotatable bonds is 8. The minimum absolute atomic E-state index is 0.0688. The Morgan fingerprint density at radius 1 is 1.23 bits per heavy atom. The molecule has 1 aliphatic heterocycles. The smallest absolute Gasteiger partial charge is 0.329 e. The molecule has 0 saturated carbocycles. The number of carbonyl (C=O) groups is 1. The molecule has 0 unspecified atom stereocenters. The highest BCUT2D eigenvalue weighted by atomic mass is 19.1. The van der Waals surface area contributed by atoms with Crippen LogP contribution in [0.2, 0.25) is 0 Å². The Bertz CT molecular complexity index is 935. The molecule has 1 aromatic rings. The predicted molar refractivity (Wildman–Crippen MR) is 116 cm³/mol. The van der Waals surface area contributed by atoms with E-state index in [2.05, 4.69) is 6.58 Å². The summed E-state index contributed by atoms with van der Waals surface area (Å²) < 4.78 is 40.2. The predicted octanol–water partition coefficient (Wildman–Crippen LogP) is 4.57. The van der Waals surface area contributed by atoms with Gasteiger partial charge in [-0.3, -0.25) is 9.80 Å². The number of hydrogen-bond acceptors (Lipinski definition) is 4. The molecule has 0 fully saturated rings. The SMILES string of the molecule is C=CC1=C(C(C=CC)=C(C)C)N(CCO)C(=O)N(c2c(F)c(OC)cc(OC)c2F)C1. The van der Waals surface area contributed by atoms with E-state index in [0.29, 0.717) is 11.3 Å². The van der Waals surface area contributed by atoms with Crippen LogP contribution in [0.25, 0.3) is 0 Å². The van der Waals surface area contributed by atoms with E-state index in [0.717, 1.165) is 22.1 Å². The standard InChI is InChI=1S/C23H28F2N2O4/c1-7-9-16(14(3)4)21-15(8-2)13-27(23(29)26(21)10-11-28)22-19(24)17(30-5)12-18(31-6)20(22)25/h7-9,12,28H,2,10-11,13H2,1,3-6H3. The summed E-state index contributed by atoms with van der Waals surface area (Å²) in [5.41, 5.74) is 2.22. The number of anilines is 1. The van der Waals surface area contributed by atoms with Gasteiger partial charge in [-0.2, -0.15) is 0 Å². The van der Waals surface area contributed by atoms with E-state index in [4.69, 9.17) is 9.47 Å². The maximum absolute atomic E-state index is 15.1. The number of methoxy groups -OCH3 is 2. The Morgan fingerprint density at radius 3 is 2.23 bits per heavy atom. The van der Waals surface area contributed by atoms with Gasteiger partial charge >= 0.3 is 6.03 Å². The molecule has 0 radical (unpaired) electrons. The Labute approximate surface area is 181 Å². The number of carbonyl (C=O) groups excluding carboxylic acids is 1. The van der Waals surface area contributed by atoms with E-state index >= 15 is 8.78 Å². The van der Waals surface area contributed by atoms with Crippen molar-refractivity contribution in [3.05, 3.63) is 64.9 Å². The van der Waals surface area contributed by atoms with Gasteiger partial charge in [0.15, 0.2) is 23.1 Å². The molecule has 31 heavy (non-hydrogen) atoms. The number of urea groups is 1. The molecule has 168 valence electrons. The Morgan fingerprint density at radius 2 is 1.81 bits per heavy atom. The first-order valence-corrected chi connectivity index (χ1v) is 9.73. The van der Waals surface area contributed by atoms with Crippen molar-refractivity contribution in [3.8, 4) is 11.5 Å². The summed E-state index contributed by atoms with van der Waals surface area (Å²) in [6, 6.07) is 0.392. The van der Waals surface area contributed by atoms with E-state index < -0.39 is 23.4 Å². The topological polar surface area (TPSA) is 62.2 Å². The van der Waals surface area contributed by atoms with Gasteiger partial charge in [0.1, 0.15) is 5.69 Å². The summed E-state index contributed by atoms with van der Waals surface area (Å²) in [5.74, 6) is -2.58. The van der Waals surface area contributed by atoms with Crippen molar-refractivity contribution in [2.75, 3.05) is 38.8 Å². The lowest BCUT2D eigenvalue weighted by Crippen LogP contribution is -2.50. The zero-order valence-electron chi connectivity index (χ0n) is 18.5. The molecule has 1 N–H and O–H groups in total. The monoisotopic (exact) mass is 434 g/mol. The number of halogens is 2. The summed E-state index contributed by atoms with van der Waals surface area (Å²) in [5, 5.41) is 9.61. The summed E-state index contributed by atoms with van der Waals surface area (Å²) >= 11 is 0. The van der Waals surface area contributed by atoms with Crippen molar-refractivity contribution in [1.82, 2.24) is 4.90 Å². The molecule has 1 heterocycles. The number of β-amino-alcohol motifs (C(OH)–C–C–N with tert-alkyl or cyclic N) is 1. The minimum Gasteiger partial charge on any atom is -0.493 e. The molecule has 0 spiro atoms. The van der Waals surface area contributed by atoms with E-state index in [1.54, 1.807) is 6.08 Å². The number of hydrogen-bond donors (Lipinski definition) is 1. The maximum Gasteiger partial charge on any atom is 0.329 e. The van der Waals surface area contributed by atoms with E-state index in [1.165, 1.54) is 19.1 Å². The number of nitrogens with zero attached hydrogens (tertiary/aromatic N) is 2. The normalized spacial score (nSPS) is 14.4. The number of aliphatic hydroxyl groups excluding tert-OH is 1. The fourth-order valence-corrected chi connectivity index (χ4v) is 3.45. The lowest BCUT2D eigenvalue weighted by molar-refractivity contribution is 0.196. The first kappa shape index (κ1) is 24.1. The second kappa shape index (κ2) is 10.3. The van der Waals surface area contributed by atoms with Crippen molar-refractivity contribution in [3.63, 3.8) is 0 Å². The Hall–Kier alpha value is -3.13. The Kier molecular flexibility index (Phi) is 7.99.